The minimum atomic E-state index is -0.884. The maximum absolute atomic E-state index is 12.0. The number of hydrogen-bond donors (Lipinski definition) is 1. The number of ether oxygens (including phenoxy) is 4. The van der Waals surface area contributed by atoms with Crippen LogP contribution in [0.4, 0.5) is 9.59 Å². The Morgan fingerprint density at radius 2 is 1.62 bits per heavy atom. The van der Waals surface area contributed by atoms with E-state index in [0.29, 0.717) is 36.2 Å². The number of aromatic nitrogens is 3. The minimum Gasteiger partial charge on any atom is -0.433 e. The molecule has 0 aliphatic heterocycles. The zero-order valence-corrected chi connectivity index (χ0v) is 23.2. The van der Waals surface area contributed by atoms with Gasteiger partial charge in [-0.1, -0.05) is 41.8 Å². The molecular formula is C27H38N4O8. The average molecular weight is 547 g/mol. The third-order valence-corrected chi connectivity index (χ3v) is 5.29. The lowest BCUT2D eigenvalue weighted by molar-refractivity contribution is -0.0875. The van der Waals surface area contributed by atoms with Crippen LogP contribution in [0.1, 0.15) is 47.5 Å². The summed E-state index contributed by atoms with van der Waals surface area (Å²) in [5.41, 5.74) is 3.20. The highest BCUT2D eigenvalue weighted by molar-refractivity contribution is 5.74. The number of carbonyl (C=O) groups is 2. The first-order valence-electron chi connectivity index (χ1n) is 12.5. The zero-order valence-electron chi connectivity index (χ0n) is 23.2. The predicted octanol–water partition coefficient (Wildman–Crippen LogP) is 4.67. The second-order valence-electron chi connectivity index (χ2n) is 9.63. The summed E-state index contributed by atoms with van der Waals surface area (Å²) in [6.45, 7) is 13.7. The molecule has 0 aliphatic carbocycles. The topological polar surface area (TPSA) is 132 Å². The Kier molecular flexibility index (Phi) is 12.4. The number of fused-ring (bicyclic) bond motifs is 1. The van der Waals surface area contributed by atoms with Gasteiger partial charge in [0.2, 0.25) is 0 Å². The molecule has 12 heteroatoms. The summed E-state index contributed by atoms with van der Waals surface area (Å²) < 4.78 is 21.9. The average Bonchev–Trinajstić information content (AvgIpc) is 3.28. The first kappa shape index (κ1) is 31.3. The molecule has 0 unspecified atom stereocenters. The van der Waals surface area contributed by atoms with Crippen molar-refractivity contribution >= 4 is 23.3 Å². The zero-order chi connectivity index (χ0) is 28.7. The van der Waals surface area contributed by atoms with E-state index < -0.39 is 23.5 Å². The molecule has 1 heterocycles. The molecule has 0 bridgehead atoms. The Bertz CT molecular complexity index is 1140. The van der Waals surface area contributed by atoms with Crippen LogP contribution in [0.5, 0.6) is 0 Å². The van der Waals surface area contributed by atoms with Crippen LogP contribution in [0.25, 0.3) is 11.0 Å². The Balaban J connectivity index is 1.58. The highest BCUT2D eigenvalue weighted by Crippen LogP contribution is 2.19. The Labute approximate surface area is 228 Å². The summed E-state index contributed by atoms with van der Waals surface area (Å²) in [5, 5.41) is 7.70. The van der Waals surface area contributed by atoms with E-state index in [0.717, 1.165) is 4.85 Å². The maximum Gasteiger partial charge on any atom is 0.535 e. The number of benzene rings is 1. The third kappa shape index (κ3) is 12.5. The van der Waals surface area contributed by atoms with E-state index in [4.69, 9.17) is 28.6 Å². The van der Waals surface area contributed by atoms with Crippen molar-refractivity contribution in [3.05, 3.63) is 60.8 Å². The third-order valence-electron chi connectivity index (χ3n) is 5.29. The molecule has 0 amide bonds. The van der Waals surface area contributed by atoms with Gasteiger partial charge in [-0.2, -0.15) is 0 Å². The molecule has 0 atom stereocenters. The highest BCUT2D eigenvalue weighted by atomic mass is 16.8. The van der Waals surface area contributed by atoms with Crippen LogP contribution in [-0.4, -0.2) is 65.1 Å². The van der Waals surface area contributed by atoms with E-state index in [1.165, 1.54) is 0 Å². The number of rotatable bonds is 16. The largest absolute Gasteiger partial charge is 0.535 e. The van der Waals surface area contributed by atoms with Crippen LogP contribution < -0.4 is 10.3 Å². The van der Waals surface area contributed by atoms with Gasteiger partial charge in [0.05, 0.1) is 31.0 Å². The number of carbonyl (C=O) groups excluding carboxylic acids is 2. The fourth-order valence-electron chi connectivity index (χ4n) is 3.02. The fourth-order valence-corrected chi connectivity index (χ4v) is 3.02. The van der Waals surface area contributed by atoms with Gasteiger partial charge in [0, 0.05) is 12.1 Å². The minimum absolute atomic E-state index is 0.0350. The van der Waals surface area contributed by atoms with Gasteiger partial charge in [-0.25, -0.2) is 15.1 Å². The lowest BCUT2D eigenvalue weighted by Crippen LogP contribution is -2.33. The van der Waals surface area contributed by atoms with E-state index in [1.807, 2.05) is 33.8 Å². The number of para-hydroxylation sites is 1. The molecule has 0 aliphatic rings. The number of allylic oxidation sites excluding steroid dienone is 5. The molecule has 2 rings (SSSR count). The summed E-state index contributed by atoms with van der Waals surface area (Å²) >= 11 is 0. The van der Waals surface area contributed by atoms with Crippen molar-refractivity contribution < 1.29 is 38.2 Å². The van der Waals surface area contributed by atoms with Crippen molar-refractivity contribution in [3.8, 4) is 0 Å². The molecule has 214 valence electrons. The highest BCUT2D eigenvalue weighted by Gasteiger charge is 2.24. The molecule has 1 aromatic heterocycles. The van der Waals surface area contributed by atoms with Gasteiger partial charge in [-0.05, 0) is 64.5 Å². The summed E-state index contributed by atoms with van der Waals surface area (Å²) in [6.07, 6.45) is 6.13. The first-order valence-corrected chi connectivity index (χ1v) is 12.5. The number of hydroxylamine groups is 1. The quantitative estimate of drug-likeness (QED) is 0.104. The van der Waals surface area contributed by atoms with Crippen LogP contribution in [-0.2, 0) is 23.8 Å². The molecule has 1 N–H and O–H groups in total. The monoisotopic (exact) mass is 546 g/mol. The Hall–Kier alpha value is -3.90. The van der Waals surface area contributed by atoms with Crippen molar-refractivity contribution in [2.75, 3.05) is 26.4 Å². The SMILES string of the molecule is C=C/C=C\C=C(/C)NOC(=O)OCCOC(C)(C)CCOC(C)(C)CCOC(=O)On1nnc2ccccc21. The maximum atomic E-state index is 12.0. The fraction of sp³-hybridized carbons (Fsp3) is 0.481. The molecule has 12 nitrogen and oxygen atoms in total. The van der Waals surface area contributed by atoms with Gasteiger partial charge in [-0.3, -0.25) is 4.84 Å². The van der Waals surface area contributed by atoms with Crippen molar-refractivity contribution in [1.82, 2.24) is 20.6 Å². The van der Waals surface area contributed by atoms with Crippen LogP contribution in [0.15, 0.2) is 60.8 Å². The smallest absolute Gasteiger partial charge is 0.433 e. The molecule has 0 radical (unpaired) electrons. The lowest BCUT2D eigenvalue weighted by atomic mass is 10.0. The van der Waals surface area contributed by atoms with Crippen LogP contribution >= 0.6 is 0 Å². The van der Waals surface area contributed by atoms with Gasteiger partial charge in [0.1, 0.15) is 17.6 Å². The van der Waals surface area contributed by atoms with Crippen molar-refractivity contribution in [2.45, 2.75) is 58.7 Å². The van der Waals surface area contributed by atoms with Gasteiger partial charge in [-0.15, -0.1) is 5.10 Å². The molecule has 0 fully saturated rings. The number of hydrogen-bond acceptors (Lipinski definition) is 11. The molecular weight excluding hydrogens is 508 g/mol. The van der Waals surface area contributed by atoms with E-state index in [1.54, 1.807) is 49.4 Å². The summed E-state index contributed by atoms with van der Waals surface area (Å²) in [6, 6.07) is 7.09. The molecule has 0 saturated heterocycles. The van der Waals surface area contributed by atoms with Crippen molar-refractivity contribution in [1.29, 1.82) is 0 Å². The molecule has 0 spiro atoms. The number of nitrogens with one attached hydrogen (secondary N) is 1. The second kappa shape index (κ2) is 15.5. The normalized spacial score (nSPS) is 12.4. The van der Waals surface area contributed by atoms with Crippen LogP contribution in [0.3, 0.4) is 0 Å². The summed E-state index contributed by atoms with van der Waals surface area (Å²) in [7, 11) is 0. The molecule has 2 aromatic rings. The summed E-state index contributed by atoms with van der Waals surface area (Å²) in [5.74, 6) is 0. The molecule has 39 heavy (non-hydrogen) atoms. The Morgan fingerprint density at radius 1 is 0.949 bits per heavy atom. The van der Waals surface area contributed by atoms with Gasteiger partial charge >= 0.3 is 12.3 Å². The number of nitrogens with zero attached hydrogens (tertiary/aromatic N) is 3. The molecule has 0 saturated carbocycles. The van der Waals surface area contributed by atoms with Gasteiger partial charge in [0.15, 0.2) is 0 Å². The second-order valence-corrected chi connectivity index (χ2v) is 9.63. The first-order chi connectivity index (χ1) is 18.5. The van der Waals surface area contributed by atoms with E-state index in [2.05, 4.69) is 22.4 Å². The van der Waals surface area contributed by atoms with E-state index >= 15 is 0 Å². The standard InChI is InChI=1S/C27H38N4O8/c1-7-8-9-12-21(2)29-38-24(32)35-19-20-37-27(5,6)16-18-36-26(3,4)15-17-34-25(33)39-31-23-14-11-10-13-22(23)28-30-31/h7-14,29H,1,15-20H2,2-6H3/b9-8-,21-12+. The van der Waals surface area contributed by atoms with Gasteiger partial charge < -0.3 is 23.8 Å². The predicted molar refractivity (Wildman–Crippen MR) is 143 cm³/mol. The lowest BCUT2D eigenvalue weighted by Gasteiger charge is -2.29. The van der Waals surface area contributed by atoms with E-state index in [-0.39, 0.29) is 19.8 Å². The van der Waals surface area contributed by atoms with Crippen LogP contribution in [0, 0.1) is 0 Å². The van der Waals surface area contributed by atoms with E-state index in [9.17, 15) is 9.59 Å². The Morgan fingerprint density at radius 3 is 2.36 bits per heavy atom. The van der Waals surface area contributed by atoms with Gasteiger partial charge in [0.25, 0.3) is 0 Å². The summed E-state index contributed by atoms with van der Waals surface area (Å²) in [4.78, 5) is 34.6. The van der Waals surface area contributed by atoms with Crippen molar-refractivity contribution in [3.63, 3.8) is 0 Å². The van der Waals surface area contributed by atoms with Crippen molar-refractivity contribution in [2.24, 2.45) is 0 Å². The molecule has 1 aromatic carbocycles. The van der Waals surface area contributed by atoms with Crippen LogP contribution in [0.2, 0.25) is 0 Å².